The Hall–Kier alpha value is -4.37. The number of para-hydroxylation sites is 1. The number of nitrogens with one attached hydrogen (secondary N) is 1. The van der Waals surface area contributed by atoms with Gasteiger partial charge in [0.1, 0.15) is 24.2 Å². The van der Waals surface area contributed by atoms with Gasteiger partial charge in [0, 0.05) is 12.4 Å². The molecule has 0 bridgehead atoms. The number of rotatable bonds is 7. The smallest absolute Gasteiger partial charge is 0.287 e. The van der Waals surface area contributed by atoms with E-state index < -0.39 is 0 Å². The summed E-state index contributed by atoms with van der Waals surface area (Å²) < 4.78 is 11.4. The van der Waals surface area contributed by atoms with Crippen molar-refractivity contribution in [1.82, 2.24) is 10.3 Å². The minimum Gasteiger partial charge on any atom is -0.484 e. The Bertz CT molecular complexity index is 1160. The van der Waals surface area contributed by atoms with Crippen molar-refractivity contribution in [2.24, 2.45) is 0 Å². The molecule has 0 saturated heterocycles. The Morgan fingerprint density at radius 3 is 2.45 bits per heavy atom. The van der Waals surface area contributed by atoms with Gasteiger partial charge in [0.25, 0.3) is 5.91 Å². The predicted octanol–water partition coefficient (Wildman–Crippen LogP) is 4.64. The fourth-order valence-corrected chi connectivity index (χ4v) is 3.17. The van der Waals surface area contributed by atoms with Crippen molar-refractivity contribution in [3.8, 4) is 11.8 Å². The third-order valence-electron chi connectivity index (χ3n) is 4.71. The van der Waals surface area contributed by atoms with Gasteiger partial charge in [-0.25, -0.2) is 0 Å². The Kier molecular flexibility index (Phi) is 6.05. The molecule has 1 unspecified atom stereocenters. The highest BCUT2D eigenvalue weighted by Gasteiger charge is 2.20. The molecule has 0 saturated carbocycles. The molecule has 1 N–H and O–H groups in total. The minimum atomic E-state index is -0.344. The Morgan fingerprint density at radius 1 is 0.968 bits per heavy atom. The number of carbonyl (C=O) groups excluding carboxylic acids is 1. The summed E-state index contributed by atoms with van der Waals surface area (Å²) in [5, 5.41) is 12.2. The van der Waals surface area contributed by atoms with Crippen LogP contribution in [0.25, 0.3) is 0 Å². The second-order valence-corrected chi connectivity index (χ2v) is 6.76. The summed E-state index contributed by atoms with van der Waals surface area (Å²) in [7, 11) is 0. The average Bonchev–Trinajstić information content (AvgIpc) is 3.31. The first kappa shape index (κ1) is 19.9. The zero-order chi connectivity index (χ0) is 21.5. The van der Waals surface area contributed by atoms with Crippen molar-refractivity contribution < 1.29 is 13.9 Å². The third kappa shape index (κ3) is 4.80. The molecular weight excluding hydrogens is 390 g/mol. The van der Waals surface area contributed by atoms with Crippen LogP contribution in [0.4, 0.5) is 0 Å². The maximum atomic E-state index is 12.9. The number of ether oxygens (including phenoxy) is 1. The van der Waals surface area contributed by atoms with Crippen LogP contribution in [-0.2, 0) is 6.61 Å². The van der Waals surface area contributed by atoms with Gasteiger partial charge in [0.2, 0.25) is 0 Å². The number of furan rings is 1. The summed E-state index contributed by atoms with van der Waals surface area (Å²) in [5.41, 5.74) is 2.30. The highest BCUT2D eigenvalue weighted by atomic mass is 16.5. The monoisotopic (exact) mass is 409 g/mol. The Balaban J connectivity index is 1.48. The van der Waals surface area contributed by atoms with Gasteiger partial charge in [-0.2, -0.15) is 5.26 Å². The highest BCUT2D eigenvalue weighted by Crippen LogP contribution is 2.23. The molecule has 2 heterocycles. The van der Waals surface area contributed by atoms with Gasteiger partial charge < -0.3 is 14.5 Å². The van der Waals surface area contributed by atoms with Crippen LogP contribution in [0.2, 0.25) is 0 Å². The molecule has 6 heteroatoms. The predicted molar refractivity (Wildman–Crippen MR) is 114 cm³/mol. The summed E-state index contributed by atoms with van der Waals surface area (Å²) in [6.07, 6.45) is 3.39. The topological polar surface area (TPSA) is 88.1 Å². The van der Waals surface area contributed by atoms with Crippen LogP contribution in [0.1, 0.15) is 39.0 Å². The second kappa shape index (κ2) is 9.42. The number of nitrogens with zero attached hydrogens (tertiary/aromatic N) is 2. The fraction of sp³-hybridized carbons (Fsp3) is 0.0800. The zero-order valence-corrected chi connectivity index (χ0v) is 16.6. The maximum absolute atomic E-state index is 12.9. The number of hydrogen-bond acceptors (Lipinski definition) is 5. The molecule has 0 radical (unpaired) electrons. The van der Waals surface area contributed by atoms with Crippen molar-refractivity contribution in [2.45, 2.75) is 12.6 Å². The quantitative estimate of drug-likeness (QED) is 0.480. The highest BCUT2D eigenvalue weighted by molar-refractivity contribution is 5.92. The Morgan fingerprint density at radius 2 is 1.68 bits per heavy atom. The lowest BCUT2D eigenvalue weighted by atomic mass is 9.99. The molecule has 0 aliphatic carbocycles. The molecule has 4 rings (SSSR count). The molecule has 0 aliphatic rings. The molecule has 1 atom stereocenters. The molecule has 4 aromatic rings. The summed E-state index contributed by atoms with van der Waals surface area (Å²) in [5.74, 6) is 0.795. The molecule has 2 aromatic heterocycles. The number of amides is 1. The number of carbonyl (C=O) groups is 1. The first-order valence-electron chi connectivity index (χ1n) is 9.71. The first-order chi connectivity index (χ1) is 15.2. The summed E-state index contributed by atoms with van der Waals surface area (Å²) >= 11 is 0. The van der Waals surface area contributed by atoms with E-state index in [2.05, 4.69) is 16.4 Å². The zero-order valence-electron chi connectivity index (χ0n) is 16.6. The van der Waals surface area contributed by atoms with Crippen LogP contribution in [-0.4, -0.2) is 10.9 Å². The van der Waals surface area contributed by atoms with Crippen LogP contribution >= 0.6 is 0 Å². The first-order valence-corrected chi connectivity index (χ1v) is 9.71. The van der Waals surface area contributed by atoms with E-state index >= 15 is 0 Å². The van der Waals surface area contributed by atoms with Gasteiger partial charge in [0.15, 0.2) is 5.76 Å². The number of pyridine rings is 1. The number of benzene rings is 2. The molecular formula is C25H19N3O3. The van der Waals surface area contributed by atoms with E-state index in [9.17, 15) is 4.79 Å². The van der Waals surface area contributed by atoms with E-state index in [0.717, 1.165) is 11.1 Å². The minimum absolute atomic E-state index is 0.110. The van der Waals surface area contributed by atoms with Gasteiger partial charge in [0.05, 0.1) is 11.6 Å². The van der Waals surface area contributed by atoms with Gasteiger partial charge in [-0.3, -0.25) is 9.78 Å². The van der Waals surface area contributed by atoms with Crippen LogP contribution in [0, 0.1) is 11.3 Å². The van der Waals surface area contributed by atoms with Gasteiger partial charge >= 0.3 is 0 Å². The van der Waals surface area contributed by atoms with E-state index in [1.54, 1.807) is 48.8 Å². The number of aromatic nitrogens is 1. The molecule has 6 nitrogen and oxygen atoms in total. The van der Waals surface area contributed by atoms with Crippen LogP contribution in [0.5, 0.6) is 5.75 Å². The molecule has 1 amide bonds. The van der Waals surface area contributed by atoms with Gasteiger partial charge in [-0.05, 0) is 47.5 Å². The molecule has 152 valence electrons. The Labute approximate surface area is 179 Å². The van der Waals surface area contributed by atoms with E-state index in [1.807, 2.05) is 42.5 Å². The summed E-state index contributed by atoms with van der Waals surface area (Å²) in [4.78, 5) is 16.9. The number of nitriles is 1. The molecule has 0 aliphatic heterocycles. The van der Waals surface area contributed by atoms with E-state index in [-0.39, 0.29) is 24.3 Å². The van der Waals surface area contributed by atoms with Crippen LogP contribution < -0.4 is 10.1 Å². The maximum Gasteiger partial charge on any atom is 0.287 e. The van der Waals surface area contributed by atoms with Crippen LogP contribution in [0.15, 0.2) is 95.7 Å². The van der Waals surface area contributed by atoms with E-state index in [0.29, 0.717) is 17.1 Å². The van der Waals surface area contributed by atoms with Crippen molar-refractivity contribution in [3.63, 3.8) is 0 Å². The summed E-state index contributed by atoms with van der Waals surface area (Å²) in [6.45, 7) is 0.110. The second-order valence-electron chi connectivity index (χ2n) is 6.76. The van der Waals surface area contributed by atoms with Crippen molar-refractivity contribution in [1.29, 1.82) is 5.26 Å². The lowest BCUT2D eigenvalue weighted by Gasteiger charge is -2.19. The van der Waals surface area contributed by atoms with Crippen molar-refractivity contribution >= 4 is 5.91 Å². The molecule has 0 spiro atoms. The summed E-state index contributed by atoms with van der Waals surface area (Å²) in [6, 6.07) is 25.4. The SMILES string of the molecule is N#Cc1ccccc1OCc1ccc(C(=O)NC(c2ccccc2)c2ccncc2)o1. The standard InChI is InChI=1S/C25H19N3O3/c26-16-20-8-4-5-9-22(20)30-17-21-10-11-23(31-21)25(29)28-24(18-6-2-1-3-7-18)19-12-14-27-15-13-19/h1-15,24H,17H2,(H,28,29). The average molecular weight is 409 g/mol. The molecule has 0 fully saturated rings. The lowest BCUT2D eigenvalue weighted by molar-refractivity contribution is 0.0911. The lowest BCUT2D eigenvalue weighted by Crippen LogP contribution is -2.29. The van der Waals surface area contributed by atoms with Gasteiger partial charge in [-0.1, -0.05) is 42.5 Å². The third-order valence-corrected chi connectivity index (χ3v) is 4.71. The van der Waals surface area contributed by atoms with Gasteiger partial charge in [-0.15, -0.1) is 0 Å². The van der Waals surface area contributed by atoms with Crippen molar-refractivity contribution in [3.05, 3.63) is 119 Å². The van der Waals surface area contributed by atoms with E-state index in [4.69, 9.17) is 14.4 Å². The molecule has 2 aromatic carbocycles. The largest absolute Gasteiger partial charge is 0.484 e. The number of hydrogen-bond donors (Lipinski definition) is 1. The van der Waals surface area contributed by atoms with Crippen molar-refractivity contribution in [2.75, 3.05) is 0 Å². The molecule has 31 heavy (non-hydrogen) atoms. The fourth-order valence-electron chi connectivity index (χ4n) is 3.17. The normalized spacial score (nSPS) is 11.3. The van der Waals surface area contributed by atoms with Crippen LogP contribution in [0.3, 0.4) is 0 Å². The van der Waals surface area contributed by atoms with E-state index in [1.165, 1.54) is 0 Å².